The van der Waals surface area contributed by atoms with Gasteiger partial charge in [0.25, 0.3) is 0 Å². The van der Waals surface area contributed by atoms with E-state index in [9.17, 15) is 0 Å². The number of rotatable bonds is 1. The van der Waals surface area contributed by atoms with Gasteiger partial charge in [-0.1, -0.05) is 0 Å². The predicted octanol–water partition coefficient (Wildman–Crippen LogP) is -0.245. The molecule has 0 aromatic carbocycles. The molecule has 4 nitrogen and oxygen atoms in total. The molecule has 3 heterocycles. The molecule has 4 rings (SSSR count). The third-order valence-electron chi connectivity index (χ3n) is 4.27. The number of ether oxygens (including phenoxy) is 2. The van der Waals surface area contributed by atoms with Crippen molar-refractivity contribution in [3.8, 4) is 0 Å². The van der Waals surface area contributed by atoms with Gasteiger partial charge in [0.2, 0.25) is 0 Å². The van der Waals surface area contributed by atoms with Crippen molar-refractivity contribution in [3.63, 3.8) is 0 Å². The Morgan fingerprint density at radius 3 is 2.29 bits per heavy atom. The summed E-state index contributed by atoms with van der Waals surface area (Å²) in [5.74, 6) is 0. The zero-order valence-corrected chi connectivity index (χ0v) is 8.42. The molecule has 0 amide bonds. The fraction of sp³-hybridized carbons (Fsp3) is 1.00. The van der Waals surface area contributed by atoms with E-state index in [0.717, 1.165) is 38.9 Å². The highest BCUT2D eigenvalue weighted by atomic mass is 16.6. The van der Waals surface area contributed by atoms with Gasteiger partial charge in [-0.25, -0.2) is 0 Å². The van der Waals surface area contributed by atoms with E-state index in [1.807, 2.05) is 0 Å². The van der Waals surface area contributed by atoms with Crippen LogP contribution < -0.4 is 11.5 Å². The smallest absolute Gasteiger partial charge is 0.0915 e. The van der Waals surface area contributed by atoms with E-state index < -0.39 is 0 Å². The molecule has 0 radical (unpaired) electrons. The third kappa shape index (κ3) is 0.877. The van der Waals surface area contributed by atoms with Crippen molar-refractivity contribution in [1.82, 2.24) is 0 Å². The van der Waals surface area contributed by atoms with Crippen LogP contribution in [-0.4, -0.2) is 36.5 Å². The van der Waals surface area contributed by atoms with E-state index in [0.29, 0.717) is 6.54 Å². The Kier molecular flexibility index (Phi) is 1.62. The molecule has 3 aliphatic heterocycles. The molecule has 3 saturated heterocycles. The lowest BCUT2D eigenvalue weighted by molar-refractivity contribution is -0.113. The van der Waals surface area contributed by atoms with E-state index in [1.54, 1.807) is 0 Å². The van der Waals surface area contributed by atoms with Crippen molar-refractivity contribution in [2.75, 3.05) is 19.8 Å². The Morgan fingerprint density at radius 2 is 1.79 bits per heavy atom. The zero-order chi connectivity index (χ0) is 9.86. The van der Waals surface area contributed by atoms with Gasteiger partial charge in [0.1, 0.15) is 0 Å². The summed E-state index contributed by atoms with van der Waals surface area (Å²) in [4.78, 5) is 0. The van der Waals surface area contributed by atoms with Gasteiger partial charge < -0.3 is 20.9 Å². The lowest BCUT2D eigenvalue weighted by Gasteiger charge is -2.46. The molecule has 4 heteroatoms. The molecule has 0 atom stereocenters. The van der Waals surface area contributed by atoms with Gasteiger partial charge in [-0.2, -0.15) is 0 Å². The van der Waals surface area contributed by atoms with Crippen molar-refractivity contribution < 1.29 is 9.47 Å². The van der Waals surface area contributed by atoms with Crippen LogP contribution in [0, 0.1) is 0 Å². The summed E-state index contributed by atoms with van der Waals surface area (Å²) < 4.78 is 11.5. The lowest BCUT2D eigenvalue weighted by Crippen LogP contribution is -2.64. The molecule has 80 valence electrons. The van der Waals surface area contributed by atoms with Gasteiger partial charge in [0, 0.05) is 32.6 Å². The quantitative estimate of drug-likeness (QED) is 0.610. The maximum absolute atomic E-state index is 6.38. The number of nitrogens with two attached hydrogens (primary N) is 2. The van der Waals surface area contributed by atoms with Crippen LogP contribution in [0.1, 0.15) is 25.7 Å². The highest BCUT2D eigenvalue weighted by Crippen LogP contribution is 2.61. The third-order valence-corrected chi connectivity index (χ3v) is 4.27. The second-order valence-corrected chi connectivity index (χ2v) is 5.11. The number of hydrogen-bond donors (Lipinski definition) is 2. The topological polar surface area (TPSA) is 70.5 Å². The average molecular weight is 198 g/mol. The fourth-order valence-electron chi connectivity index (χ4n) is 3.50. The fourth-order valence-corrected chi connectivity index (χ4v) is 3.50. The van der Waals surface area contributed by atoms with Gasteiger partial charge in [-0.05, 0) is 12.8 Å². The van der Waals surface area contributed by atoms with Gasteiger partial charge >= 0.3 is 0 Å². The van der Waals surface area contributed by atoms with Crippen LogP contribution >= 0.6 is 0 Å². The van der Waals surface area contributed by atoms with E-state index in [-0.39, 0.29) is 16.7 Å². The first-order valence-electron chi connectivity index (χ1n) is 5.41. The zero-order valence-electron chi connectivity index (χ0n) is 8.42. The molecular weight excluding hydrogens is 180 g/mol. The van der Waals surface area contributed by atoms with Gasteiger partial charge in [-0.15, -0.1) is 0 Å². The van der Waals surface area contributed by atoms with Crippen LogP contribution in [0.2, 0.25) is 0 Å². The minimum absolute atomic E-state index is 0.0912. The summed E-state index contributed by atoms with van der Waals surface area (Å²) in [6, 6.07) is 0. The molecule has 4 aliphatic rings. The van der Waals surface area contributed by atoms with Crippen molar-refractivity contribution in [2.45, 2.75) is 42.4 Å². The first kappa shape index (κ1) is 9.09. The highest BCUT2D eigenvalue weighted by molar-refractivity contribution is 5.27. The Balaban J connectivity index is 1.88. The summed E-state index contributed by atoms with van der Waals surface area (Å²) in [7, 11) is 0. The summed E-state index contributed by atoms with van der Waals surface area (Å²) in [5, 5.41) is 0. The van der Waals surface area contributed by atoms with Crippen LogP contribution in [-0.2, 0) is 9.47 Å². The van der Waals surface area contributed by atoms with Gasteiger partial charge in [0.05, 0.1) is 16.7 Å². The molecule has 0 aromatic heterocycles. The SMILES string of the molecule is NCC12CC(N)(C1)C1(CCOCC1)O2. The molecule has 2 bridgehead atoms. The lowest BCUT2D eigenvalue weighted by atomic mass is 9.61. The second kappa shape index (κ2) is 2.50. The minimum atomic E-state index is -0.120. The summed E-state index contributed by atoms with van der Waals surface area (Å²) in [5.41, 5.74) is 11.8. The monoisotopic (exact) mass is 198 g/mol. The predicted molar refractivity (Wildman–Crippen MR) is 51.8 cm³/mol. The van der Waals surface area contributed by atoms with Crippen molar-refractivity contribution in [1.29, 1.82) is 0 Å². The minimum Gasteiger partial charge on any atom is -0.381 e. The Hall–Kier alpha value is -0.160. The largest absolute Gasteiger partial charge is 0.381 e. The Bertz CT molecular complexity index is 255. The van der Waals surface area contributed by atoms with Crippen molar-refractivity contribution >= 4 is 0 Å². The molecule has 1 saturated carbocycles. The Labute approximate surface area is 83.9 Å². The molecule has 1 spiro atoms. The normalized spacial score (nSPS) is 49.3. The molecule has 0 aromatic rings. The van der Waals surface area contributed by atoms with E-state index in [1.165, 1.54) is 0 Å². The standard InChI is InChI=1S/C10H18N2O2/c11-7-8-5-9(12,6-8)10(14-8)1-3-13-4-2-10/h1-7,11-12H2. The maximum atomic E-state index is 6.38. The molecule has 0 unspecified atom stereocenters. The summed E-state index contributed by atoms with van der Waals surface area (Å²) in [6.45, 7) is 2.16. The highest BCUT2D eigenvalue weighted by Gasteiger charge is 2.72. The second-order valence-electron chi connectivity index (χ2n) is 5.11. The number of hydrogen-bond acceptors (Lipinski definition) is 4. The average Bonchev–Trinajstić information content (AvgIpc) is 2.50. The first-order valence-corrected chi connectivity index (χ1v) is 5.41. The van der Waals surface area contributed by atoms with E-state index in [4.69, 9.17) is 20.9 Å². The van der Waals surface area contributed by atoms with E-state index >= 15 is 0 Å². The molecular formula is C10H18N2O2. The van der Waals surface area contributed by atoms with Crippen LogP contribution in [0.4, 0.5) is 0 Å². The van der Waals surface area contributed by atoms with Crippen molar-refractivity contribution in [3.05, 3.63) is 0 Å². The summed E-state index contributed by atoms with van der Waals surface area (Å²) >= 11 is 0. The van der Waals surface area contributed by atoms with Gasteiger partial charge in [0.15, 0.2) is 0 Å². The molecule has 1 aliphatic carbocycles. The van der Waals surface area contributed by atoms with Crippen LogP contribution in [0.15, 0.2) is 0 Å². The van der Waals surface area contributed by atoms with E-state index in [2.05, 4.69) is 0 Å². The molecule has 4 N–H and O–H groups in total. The maximum Gasteiger partial charge on any atom is 0.0915 e. The summed E-state index contributed by atoms with van der Waals surface area (Å²) in [6.07, 6.45) is 3.75. The first-order chi connectivity index (χ1) is 6.64. The van der Waals surface area contributed by atoms with Crippen LogP contribution in [0.5, 0.6) is 0 Å². The van der Waals surface area contributed by atoms with Crippen LogP contribution in [0.3, 0.4) is 0 Å². The van der Waals surface area contributed by atoms with Crippen molar-refractivity contribution in [2.24, 2.45) is 11.5 Å². The molecule has 4 fully saturated rings. The Morgan fingerprint density at radius 1 is 1.14 bits per heavy atom. The molecule has 14 heavy (non-hydrogen) atoms. The van der Waals surface area contributed by atoms with Gasteiger partial charge in [-0.3, -0.25) is 0 Å². The van der Waals surface area contributed by atoms with Crippen LogP contribution in [0.25, 0.3) is 0 Å².